The molecule has 0 saturated carbocycles. The predicted octanol–water partition coefficient (Wildman–Crippen LogP) is 2.28. The number of halogens is 1. The maximum absolute atomic E-state index is 13.3. The van der Waals surface area contributed by atoms with Crippen LogP contribution in [-0.2, 0) is 9.53 Å². The third-order valence-electron chi connectivity index (χ3n) is 3.26. The fourth-order valence-corrected chi connectivity index (χ4v) is 2.31. The first-order valence-electron chi connectivity index (χ1n) is 6.26. The Balaban J connectivity index is 2.31. The van der Waals surface area contributed by atoms with Crippen LogP contribution in [0.3, 0.4) is 0 Å². The number of rotatable bonds is 4. The van der Waals surface area contributed by atoms with Crippen LogP contribution in [0.15, 0.2) is 23.3 Å². The largest absolute Gasteiger partial charge is 0.465 e. The highest BCUT2D eigenvalue weighted by Crippen LogP contribution is 2.29. The van der Waals surface area contributed by atoms with Gasteiger partial charge in [-0.2, -0.15) is 0 Å². The summed E-state index contributed by atoms with van der Waals surface area (Å²) in [5, 5.41) is 3.45. The summed E-state index contributed by atoms with van der Waals surface area (Å²) in [4.78, 5) is 27.8. The number of anilines is 1. The van der Waals surface area contributed by atoms with Gasteiger partial charge in [0.05, 0.1) is 18.4 Å². The quantitative estimate of drug-likeness (QED) is 0.368. The molecule has 1 atom stereocenters. The van der Waals surface area contributed by atoms with E-state index in [1.165, 1.54) is 24.1 Å². The number of hydrogen-bond acceptors (Lipinski definition) is 4. The van der Waals surface area contributed by atoms with Gasteiger partial charge < -0.3 is 9.64 Å². The van der Waals surface area contributed by atoms with E-state index in [1.54, 1.807) is 0 Å². The fraction of sp³-hybridized carbons (Fsp3) is 0.385. The van der Waals surface area contributed by atoms with E-state index >= 15 is 0 Å². The van der Waals surface area contributed by atoms with E-state index in [9.17, 15) is 14.0 Å². The van der Waals surface area contributed by atoms with Crippen LogP contribution in [0, 0.1) is 11.7 Å². The molecule has 0 aromatic heterocycles. The lowest BCUT2D eigenvalue weighted by Crippen LogP contribution is -2.27. The molecule has 0 radical (unpaired) electrons. The summed E-state index contributed by atoms with van der Waals surface area (Å²) in [6.07, 6.45) is 0.219. The molecule has 1 saturated heterocycles. The molecule has 110 valence electrons. The van der Waals surface area contributed by atoms with Crippen molar-refractivity contribution in [3.8, 4) is 0 Å². The Labute approximate surface area is 119 Å². The van der Waals surface area contributed by atoms with Crippen LogP contribution in [0.1, 0.15) is 16.8 Å². The van der Waals surface area contributed by atoms with Crippen LogP contribution in [-0.4, -0.2) is 32.1 Å². The van der Waals surface area contributed by atoms with Crippen molar-refractivity contribution in [2.45, 2.75) is 6.42 Å². The second-order valence-corrected chi connectivity index (χ2v) is 4.64. The molecule has 0 aliphatic carbocycles. The number of carbonyl (C=O) groups excluding carboxylic acids is 2. The number of esters is 1. The summed E-state index contributed by atoms with van der Waals surface area (Å²) < 4.78 is 17.9. The minimum absolute atomic E-state index is 0.00437. The standard InChI is InChI=1S/C13H13FN4O3/c1-21-13(20)10-5-9(14)2-3-11(10)18-7-8(4-12(18)19)6-16-17-15/h2-3,5,8H,4,6-7H2,1H3. The van der Waals surface area contributed by atoms with E-state index < -0.39 is 11.8 Å². The SMILES string of the molecule is COC(=O)c1cc(F)ccc1N1CC(CN=[N+]=[N-])CC1=O. The Morgan fingerprint density at radius 2 is 2.38 bits per heavy atom. The second kappa shape index (κ2) is 6.23. The molecule has 1 amide bonds. The van der Waals surface area contributed by atoms with Gasteiger partial charge in [0.1, 0.15) is 5.82 Å². The molecule has 0 N–H and O–H groups in total. The minimum atomic E-state index is -0.712. The highest BCUT2D eigenvalue weighted by Gasteiger charge is 2.32. The Morgan fingerprint density at radius 1 is 1.62 bits per heavy atom. The lowest BCUT2D eigenvalue weighted by molar-refractivity contribution is -0.117. The van der Waals surface area contributed by atoms with Gasteiger partial charge in [-0.3, -0.25) is 4.79 Å². The lowest BCUT2D eigenvalue weighted by atomic mass is 10.1. The topological polar surface area (TPSA) is 95.4 Å². The number of hydrogen-bond donors (Lipinski definition) is 0. The number of amides is 1. The summed E-state index contributed by atoms with van der Waals surface area (Å²) in [5.74, 6) is -1.62. The predicted molar refractivity (Wildman–Crippen MR) is 72.2 cm³/mol. The summed E-state index contributed by atoms with van der Waals surface area (Å²) in [5.41, 5.74) is 8.61. The summed E-state index contributed by atoms with van der Waals surface area (Å²) >= 11 is 0. The normalized spacial score (nSPS) is 17.5. The number of ether oxygens (including phenoxy) is 1. The van der Waals surface area contributed by atoms with E-state index in [2.05, 4.69) is 14.8 Å². The molecule has 2 rings (SSSR count). The Bertz CT molecular complexity index is 628. The van der Waals surface area contributed by atoms with Crippen molar-refractivity contribution in [1.82, 2.24) is 0 Å². The molecular formula is C13H13FN4O3. The van der Waals surface area contributed by atoms with Crippen LogP contribution >= 0.6 is 0 Å². The average Bonchev–Trinajstić information content (AvgIpc) is 2.85. The van der Waals surface area contributed by atoms with Gasteiger partial charge in [-0.1, -0.05) is 5.11 Å². The van der Waals surface area contributed by atoms with Crippen LogP contribution in [0.4, 0.5) is 10.1 Å². The van der Waals surface area contributed by atoms with Gasteiger partial charge in [0.2, 0.25) is 5.91 Å². The maximum atomic E-state index is 13.3. The van der Waals surface area contributed by atoms with Crippen molar-refractivity contribution < 1.29 is 18.7 Å². The molecule has 0 bridgehead atoms. The van der Waals surface area contributed by atoms with Crippen LogP contribution in [0.25, 0.3) is 10.4 Å². The minimum Gasteiger partial charge on any atom is -0.465 e. The Hall–Kier alpha value is -2.60. The molecule has 1 heterocycles. The third kappa shape index (κ3) is 3.11. The smallest absolute Gasteiger partial charge is 0.340 e. The van der Waals surface area contributed by atoms with Crippen molar-refractivity contribution >= 4 is 17.6 Å². The first-order chi connectivity index (χ1) is 10.1. The third-order valence-corrected chi connectivity index (χ3v) is 3.26. The molecule has 1 aliphatic heterocycles. The number of nitrogens with zero attached hydrogens (tertiary/aromatic N) is 4. The molecule has 7 nitrogen and oxygen atoms in total. The number of azide groups is 1. The second-order valence-electron chi connectivity index (χ2n) is 4.64. The first-order valence-corrected chi connectivity index (χ1v) is 6.26. The Kier molecular flexibility index (Phi) is 4.39. The van der Waals surface area contributed by atoms with E-state index in [4.69, 9.17) is 5.53 Å². The average molecular weight is 292 g/mol. The number of methoxy groups -OCH3 is 1. The van der Waals surface area contributed by atoms with Gasteiger partial charge in [0.15, 0.2) is 0 Å². The zero-order valence-corrected chi connectivity index (χ0v) is 11.3. The molecule has 21 heavy (non-hydrogen) atoms. The zero-order chi connectivity index (χ0) is 15.4. The Morgan fingerprint density at radius 3 is 3.05 bits per heavy atom. The van der Waals surface area contributed by atoms with E-state index in [0.29, 0.717) is 12.2 Å². The van der Waals surface area contributed by atoms with Gasteiger partial charge >= 0.3 is 5.97 Å². The molecule has 1 unspecified atom stereocenters. The van der Waals surface area contributed by atoms with Gasteiger partial charge in [-0.05, 0) is 29.6 Å². The van der Waals surface area contributed by atoms with Gasteiger partial charge in [-0.25, -0.2) is 9.18 Å². The van der Waals surface area contributed by atoms with Crippen molar-refractivity contribution in [3.05, 3.63) is 40.0 Å². The highest BCUT2D eigenvalue weighted by molar-refractivity contribution is 6.03. The lowest BCUT2D eigenvalue weighted by Gasteiger charge is -2.19. The maximum Gasteiger partial charge on any atom is 0.340 e. The van der Waals surface area contributed by atoms with E-state index in [-0.39, 0.29) is 30.4 Å². The summed E-state index contributed by atoms with van der Waals surface area (Å²) in [7, 11) is 1.19. The molecule has 1 aliphatic rings. The van der Waals surface area contributed by atoms with Crippen molar-refractivity contribution in [2.24, 2.45) is 11.0 Å². The zero-order valence-electron chi connectivity index (χ0n) is 11.3. The summed E-state index contributed by atoms with van der Waals surface area (Å²) in [6, 6.07) is 3.58. The van der Waals surface area contributed by atoms with E-state index in [1.807, 2.05) is 0 Å². The van der Waals surface area contributed by atoms with Crippen molar-refractivity contribution in [1.29, 1.82) is 0 Å². The molecule has 8 heteroatoms. The van der Waals surface area contributed by atoms with Crippen molar-refractivity contribution in [2.75, 3.05) is 25.1 Å². The highest BCUT2D eigenvalue weighted by atomic mass is 19.1. The van der Waals surface area contributed by atoms with Gasteiger partial charge in [-0.15, -0.1) is 0 Å². The van der Waals surface area contributed by atoms with Crippen molar-refractivity contribution in [3.63, 3.8) is 0 Å². The molecule has 1 fully saturated rings. The number of carbonyl (C=O) groups is 2. The van der Waals surface area contributed by atoms with Crippen LogP contribution in [0.2, 0.25) is 0 Å². The molecule has 0 spiro atoms. The first kappa shape index (κ1) is 14.8. The van der Waals surface area contributed by atoms with Gasteiger partial charge in [0.25, 0.3) is 0 Å². The summed E-state index contributed by atoms with van der Waals surface area (Å²) in [6.45, 7) is 0.515. The van der Waals surface area contributed by atoms with E-state index in [0.717, 1.165) is 6.07 Å². The van der Waals surface area contributed by atoms with Crippen LogP contribution in [0.5, 0.6) is 0 Å². The monoisotopic (exact) mass is 292 g/mol. The fourth-order valence-electron chi connectivity index (χ4n) is 2.31. The van der Waals surface area contributed by atoms with Crippen LogP contribution < -0.4 is 4.90 Å². The molecular weight excluding hydrogens is 279 g/mol. The number of benzene rings is 1. The van der Waals surface area contributed by atoms with Gasteiger partial charge in [0, 0.05) is 24.4 Å². The molecule has 1 aromatic rings. The molecule has 1 aromatic carbocycles.